The van der Waals surface area contributed by atoms with Crippen molar-refractivity contribution in [3.05, 3.63) is 59.1 Å². The Balaban J connectivity index is 1.96. The number of methoxy groups -OCH3 is 1. The van der Waals surface area contributed by atoms with Crippen molar-refractivity contribution in [3.8, 4) is 5.75 Å². The van der Waals surface area contributed by atoms with Gasteiger partial charge in [0.05, 0.1) is 17.6 Å². The van der Waals surface area contributed by atoms with Gasteiger partial charge in [0.2, 0.25) is 0 Å². The molecule has 106 valence electrons. The molecule has 0 saturated heterocycles. The van der Waals surface area contributed by atoms with E-state index in [9.17, 15) is 0 Å². The molecule has 4 heteroatoms. The van der Waals surface area contributed by atoms with Gasteiger partial charge in [0.15, 0.2) is 0 Å². The van der Waals surface area contributed by atoms with Crippen LogP contribution in [-0.4, -0.2) is 12.1 Å². The highest BCUT2D eigenvalue weighted by atomic mass is 35.5. The molecular weight excluding hydrogens is 284 g/mol. The van der Waals surface area contributed by atoms with Gasteiger partial charge in [-0.05, 0) is 42.8 Å². The van der Waals surface area contributed by atoms with Crippen LogP contribution in [0.3, 0.4) is 0 Å². The fourth-order valence-electron chi connectivity index (χ4n) is 2.31. The van der Waals surface area contributed by atoms with Crippen molar-refractivity contribution in [2.24, 2.45) is 0 Å². The molecule has 1 N–H and O–H groups in total. The van der Waals surface area contributed by atoms with Crippen molar-refractivity contribution < 1.29 is 4.74 Å². The first kappa shape index (κ1) is 13.7. The average Bonchev–Trinajstić information content (AvgIpc) is 2.47. The molecule has 0 aliphatic rings. The zero-order valence-electron chi connectivity index (χ0n) is 11.9. The second-order valence-corrected chi connectivity index (χ2v) is 5.22. The Labute approximate surface area is 128 Å². The van der Waals surface area contributed by atoms with Crippen LogP contribution in [0.5, 0.6) is 5.75 Å². The Morgan fingerprint density at radius 1 is 1.10 bits per heavy atom. The number of ether oxygens (including phenoxy) is 1. The molecule has 0 atom stereocenters. The first-order valence-corrected chi connectivity index (χ1v) is 7.02. The lowest BCUT2D eigenvalue weighted by Crippen LogP contribution is -1.96. The normalized spacial score (nSPS) is 10.6. The molecule has 0 aliphatic heterocycles. The molecule has 21 heavy (non-hydrogen) atoms. The maximum atomic E-state index is 6.14. The van der Waals surface area contributed by atoms with E-state index in [1.165, 1.54) is 5.56 Å². The number of pyridine rings is 1. The highest BCUT2D eigenvalue weighted by Gasteiger charge is 2.05. The molecule has 0 saturated carbocycles. The van der Waals surface area contributed by atoms with Crippen LogP contribution in [-0.2, 0) is 0 Å². The van der Waals surface area contributed by atoms with Gasteiger partial charge >= 0.3 is 0 Å². The summed E-state index contributed by atoms with van der Waals surface area (Å²) in [6, 6.07) is 15.7. The smallest absolute Gasteiger partial charge is 0.137 e. The quantitative estimate of drug-likeness (QED) is 0.743. The molecule has 0 unspecified atom stereocenters. The Morgan fingerprint density at radius 3 is 2.67 bits per heavy atom. The summed E-state index contributed by atoms with van der Waals surface area (Å²) in [5.74, 6) is 1.46. The second-order valence-electron chi connectivity index (χ2n) is 4.82. The second kappa shape index (κ2) is 5.62. The summed E-state index contributed by atoms with van der Waals surface area (Å²) >= 11 is 6.14. The maximum Gasteiger partial charge on any atom is 0.137 e. The van der Waals surface area contributed by atoms with Crippen LogP contribution in [0, 0.1) is 6.92 Å². The van der Waals surface area contributed by atoms with Gasteiger partial charge in [0.1, 0.15) is 11.6 Å². The number of nitrogens with one attached hydrogen (secondary N) is 1. The summed E-state index contributed by atoms with van der Waals surface area (Å²) in [5, 5.41) is 5.01. The highest BCUT2D eigenvalue weighted by molar-refractivity contribution is 6.32. The first-order valence-electron chi connectivity index (χ1n) is 6.64. The Bertz CT molecular complexity index is 802. The average molecular weight is 299 g/mol. The molecule has 3 nitrogen and oxygen atoms in total. The van der Waals surface area contributed by atoms with Crippen LogP contribution in [0.1, 0.15) is 5.56 Å². The van der Waals surface area contributed by atoms with Gasteiger partial charge in [-0.15, -0.1) is 0 Å². The van der Waals surface area contributed by atoms with E-state index in [-0.39, 0.29) is 0 Å². The minimum absolute atomic E-state index is 0.569. The minimum Gasteiger partial charge on any atom is -0.495 e. The minimum atomic E-state index is 0.569. The standard InChI is InChI=1S/C17H15ClN2O/c1-11-9-17(20-15-6-4-3-5-13(11)15)19-12-7-8-16(21-2)14(18)10-12/h3-10H,1-2H3,(H,19,20). The summed E-state index contributed by atoms with van der Waals surface area (Å²) in [5.41, 5.74) is 3.03. The molecule has 0 bridgehead atoms. The summed E-state index contributed by atoms with van der Waals surface area (Å²) in [6.07, 6.45) is 0. The van der Waals surface area contributed by atoms with Crippen LogP contribution >= 0.6 is 11.6 Å². The number of hydrogen-bond donors (Lipinski definition) is 1. The Hall–Kier alpha value is -2.26. The van der Waals surface area contributed by atoms with E-state index in [4.69, 9.17) is 16.3 Å². The number of anilines is 2. The van der Waals surface area contributed by atoms with Gasteiger partial charge in [0, 0.05) is 11.1 Å². The number of hydrogen-bond acceptors (Lipinski definition) is 3. The zero-order valence-corrected chi connectivity index (χ0v) is 12.6. The van der Waals surface area contributed by atoms with E-state index in [0.717, 1.165) is 22.4 Å². The number of nitrogens with zero attached hydrogens (tertiary/aromatic N) is 1. The molecular formula is C17H15ClN2O. The van der Waals surface area contributed by atoms with Gasteiger partial charge < -0.3 is 10.1 Å². The van der Waals surface area contributed by atoms with Gasteiger partial charge in [-0.2, -0.15) is 0 Å². The van der Waals surface area contributed by atoms with E-state index in [1.807, 2.05) is 42.5 Å². The fourth-order valence-corrected chi connectivity index (χ4v) is 2.56. The number of fused-ring (bicyclic) bond motifs is 1. The van der Waals surface area contributed by atoms with Crippen LogP contribution in [0.15, 0.2) is 48.5 Å². The molecule has 0 fully saturated rings. The third-order valence-corrected chi connectivity index (χ3v) is 3.64. The fraction of sp³-hybridized carbons (Fsp3) is 0.118. The molecule has 1 aromatic heterocycles. The van der Waals surface area contributed by atoms with Crippen molar-refractivity contribution in [2.45, 2.75) is 6.92 Å². The topological polar surface area (TPSA) is 34.1 Å². The van der Waals surface area contributed by atoms with Gasteiger partial charge in [0.25, 0.3) is 0 Å². The van der Waals surface area contributed by atoms with Crippen molar-refractivity contribution in [1.82, 2.24) is 4.98 Å². The SMILES string of the molecule is COc1ccc(Nc2cc(C)c3ccccc3n2)cc1Cl. The van der Waals surface area contributed by atoms with Crippen LogP contribution in [0.2, 0.25) is 5.02 Å². The number of rotatable bonds is 3. The Morgan fingerprint density at radius 2 is 1.90 bits per heavy atom. The van der Waals surface area contributed by atoms with Crippen LogP contribution < -0.4 is 10.1 Å². The van der Waals surface area contributed by atoms with Gasteiger partial charge in [-0.3, -0.25) is 0 Å². The third kappa shape index (κ3) is 2.78. The predicted octanol–water partition coefficient (Wildman–Crippen LogP) is 4.95. The molecule has 0 aliphatic carbocycles. The lowest BCUT2D eigenvalue weighted by atomic mass is 10.1. The van der Waals surface area contributed by atoms with Crippen LogP contribution in [0.25, 0.3) is 10.9 Å². The molecule has 1 heterocycles. The summed E-state index contributed by atoms with van der Waals surface area (Å²) in [6.45, 7) is 2.08. The molecule has 3 aromatic rings. The van der Waals surface area contributed by atoms with Crippen molar-refractivity contribution in [2.75, 3.05) is 12.4 Å². The van der Waals surface area contributed by atoms with Crippen molar-refractivity contribution >= 4 is 34.0 Å². The van der Waals surface area contributed by atoms with E-state index >= 15 is 0 Å². The van der Waals surface area contributed by atoms with Gasteiger partial charge in [-0.1, -0.05) is 29.8 Å². The number of para-hydroxylation sites is 1. The largest absolute Gasteiger partial charge is 0.495 e. The first-order chi connectivity index (χ1) is 10.2. The van der Waals surface area contributed by atoms with E-state index in [1.54, 1.807) is 7.11 Å². The summed E-state index contributed by atoms with van der Waals surface area (Å²) < 4.78 is 5.15. The van der Waals surface area contributed by atoms with E-state index in [2.05, 4.69) is 23.3 Å². The van der Waals surface area contributed by atoms with Crippen molar-refractivity contribution in [1.29, 1.82) is 0 Å². The summed E-state index contributed by atoms with van der Waals surface area (Å²) in [7, 11) is 1.60. The zero-order chi connectivity index (χ0) is 14.8. The highest BCUT2D eigenvalue weighted by Crippen LogP contribution is 2.29. The molecule has 0 radical (unpaired) electrons. The monoisotopic (exact) mass is 298 g/mol. The van der Waals surface area contributed by atoms with E-state index in [0.29, 0.717) is 10.8 Å². The molecule has 0 spiro atoms. The Kier molecular flexibility index (Phi) is 3.67. The lowest BCUT2D eigenvalue weighted by Gasteiger charge is -2.10. The van der Waals surface area contributed by atoms with Crippen molar-refractivity contribution in [3.63, 3.8) is 0 Å². The molecule has 2 aromatic carbocycles. The number of benzene rings is 2. The maximum absolute atomic E-state index is 6.14. The van der Waals surface area contributed by atoms with E-state index < -0.39 is 0 Å². The predicted molar refractivity (Wildman–Crippen MR) is 87.8 cm³/mol. The molecule has 3 rings (SSSR count). The van der Waals surface area contributed by atoms with Crippen LogP contribution in [0.4, 0.5) is 11.5 Å². The number of aromatic nitrogens is 1. The molecule has 0 amide bonds. The number of aryl methyl sites for hydroxylation is 1. The summed E-state index contributed by atoms with van der Waals surface area (Å²) in [4.78, 5) is 4.62. The number of halogens is 1. The lowest BCUT2D eigenvalue weighted by molar-refractivity contribution is 0.415. The third-order valence-electron chi connectivity index (χ3n) is 3.35. The van der Waals surface area contributed by atoms with Gasteiger partial charge in [-0.25, -0.2) is 4.98 Å².